The Hall–Kier alpha value is -2.24. The monoisotopic (exact) mass is 380 g/mol. The van der Waals surface area contributed by atoms with Crippen LogP contribution in [0.3, 0.4) is 0 Å². The molecule has 0 atom stereocenters. The third-order valence-electron chi connectivity index (χ3n) is 3.52. The lowest BCUT2D eigenvalue weighted by Crippen LogP contribution is -2.32. The summed E-state index contributed by atoms with van der Waals surface area (Å²) in [6.07, 6.45) is 0.119. The van der Waals surface area contributed by atoms with Crippen LogP contribution in [-0.4, -0.2) is 25.5 Å². The highest BCUT2D eigenvalue weighted by atomic mass is 35.5. The smallest absolute Gasteiger partial charge is 0.226 e. The molecule has 2 amide bonds. The number of carbonyl (C=O) groups excluding carboxylic acids is 2. The van der Waals surface area contributed by atoms with Crippen LogP contribution in [0.4, 0.5) is 11.4 Å². The molecule has 0 aliphatic carbocycles. The van der Waals surface area contributed by atoms with Gasteiger partial charge in [0.2, 0.25) is 11.8 Å². The molecule has 0 unspecified atom stereocenters. The molecule has 0 radical (unpaired) electrons. The first kappa shape index (κ1) is 19.1. The predicted octanol–water partition coefficient (Wildman–Crippen LogP) is 4.38. The third-order valence-corrected chi connectivity index (χ3v) is 4.07. The fourth-order valence-corrected chi connectivity index (χ4v) is 2.64. The highest BCUT2D eigenvalue weighted by molar-refractivity contribution is 6.35. The van der Waals surface area contributed by atoms with Gasteiger partial charge in [0.25, 0.3) is 0 Å². The van der Waals surface area contributed by atoms with Crippen LogP contribution in [0, 0.1) is 0 Å². The second-order valence-electron chi connectivity index (χ2n) is 5.29. The Morgan fingerprint density at radius 1 is 1.12 bits per heavy atom. The van der Waals surface area contributed by atoms with Crippen molar-refractivity contribution in [1.82, 2.24) is 0 Å². The molecule has 25 heavy (non-hydrogen) atoms. The largest absolute Gasteiger partial charge is 0.497 e. The van der Waals surface area contributed by atoms with Gasteiger partial charge < -0.3 is 15.0 Å². The van der Waals surface area contributed by atoms with Crippen molar-refractivity contribution in [2.24, 2.45) is 0 Å². The minimum absolute atomic E-state index is 0.119. The van der Waals surface area contributed by atoms with E-state index in [0.29, 0.717) is 27.2 Å². The number of hydrogen-bond acceptors (Lipinski definition) is 3. The van der Waals surface area contributed by atoms with Crippen molar-refractivity contribution in [2.75, 3.05) is 23.9 Å². The van der Waals surface area contributed by atoms with Crippen molar-refractivity contribution < 1.29 is 14.3 Å². The summed E-state index contributed by atoms with van der Waals surface area (Å²) in [6, 6.07) is 11.9. The molecule has 2 rings (SSSR count). The standard InChI is InChI=1S/C18H18Cl2N2O3/c1-12(23)22(17-11-13(19)3-8-16(17)20)10-9-18(24)21-14-4-6-15(25-2)7-5-14/h3-8,11H,9-10H2,1-2H3,(H,21,24). The average Bonchev–Trinajstić information content (AvgIpc) is 2.58. The van der Waals surface area contributed by atoms with Crippen molar-refractivity contribution in [1.29, 1.82) is 0 Å². The molecule has 1 N–H and O–H groups in total. The van der Waals surface area contributed by atoms with E-state index >= 15 is 0 Å². The first-order chi connectivity index (χ1) is 11.9. The van der Waals surface area contributed by atoms with E-state index in [4.69, 9.17) is 27.9 Å². The molecular weight excluding hydrogens is 363 g/mol. The van der Waals surface area contributed by atoms with Crippen LogP contribution in [0.25, 0.3) is 0 Å². The molecule has 0 heterocycles. The van der Waals surface area contributed by atoms with Crippen LogP contribution < -0.4 is 15.0 Å². The van der Waals surface area contributed by atoms with Gasteiger partial charge in [-0.05, 0) is 42.5 Å². The summed E-state index contributed by atoms with van der Waals surface area (Å²) in [4.78, 5) is 25.5. The molecule has 0 spiro atoms. The van der Waals surface area contributed by atoms with Crippen molar-refractivity contribution in [2.45, 2.75) is 13.3 Å². The Balaban J connectivity index is 2.01. The quantitative estimate of drug-likeness (QED) is 0.808. The minimum Gasteiger partial charge on any atom is -0.497 e. The summed E-state index contributed by atoms with van der Waals surface area (Å²) in [7, 11) is 1.57. The van der Waals surface area contributed by atoms with Gasteiger partial charge in [0.15, 0.2) is 0 Å². The molecule has 5 nitrogen and oxygen atoms in total. The molecule has 0 aliphatic rings. The van der Waals surface area contributed by atoms with Gasteiger partial charge in [-0.25, -0.2) is 0 Å². The summed E-state index contributed by atoms with van der Waals surface area (Å²) in [5, 5.41) is 3.64. The molecule has 2 aromatic carbocycles. The number of anilines is 2. The van der Waals surface area contributed by atoms with Crippen molar-refractivity contribution in [3.8, 4) is 5.75 Å². The number of ether oxygens (including phenoxy) is 1. The number of benzene rings is 2. The zero-order valence-corrected chi connectivity index (χ0v) is 15.4. The van der Waals surface area contributed by atoms with Crippen LogP contribution in [0.1, 0.15) is 13.3 Å². The summed E-state index contributed by atoms with van der Waals surface area (Å²) >= 11 is 12.1. The molecule has 0 saturated carbocycles. The van der Waals surface area contributed by atoms with Gasteiger partial charge in [-0.1, -0.05) is 23.2 Å². The Kier molecular flexibility index (Phi) is 6.67. The predicted molar refractivity (Wildman–Crippen MR) is 101 cm³/mol. The normalized spacial score (nSPS) is 10.2. The fourth-order valence-electron chi connectivity index (χ4n) is 2.25. The first-order valence-corrected chi connectivity index (χ1v) is 8.33. The second kappa shape index (κ2) is 8.74. The zero-order valence-electron chi connectivity index (χ0n) is 13.9. The van der Waals surface area contributed by atoms with Gasteiger partial charge in [-0.3, -0.25) is 9.59 Å². The van der Waals surface area contributed by atoms with Crippen LogP contribution in [0.15, 0.2) is 42.5 Å². The number of nitrogens with zero attached hydrogens (tertiary/aromatic N) is 1. The molecule has 2 aromatic rings. The summed E-state index contributed by atoms with van der Waals surface area (Å²) < 4.78 is 5.07. The molecule has 0 bridgehead atoms. The van der Waals surface area contributed by atoms with Crippen molar-refractivity contribution in [3.05, 3.63) is 52.5 Å². The van der Waals surface area contributed by atoms with E-state index < -0.39 is 0 Å². The molecule has 0 saturated heterocycles. The maximum absolute atomic E-state index is 12.1. The van der Waals surface area contributed by atoms with E-state index in [2.05, 4.69) is 5.32 Å². The molecule has 7 heteroatoms. The minimum atomic E-state index is -0.221. The summed E-state index contributed by atoms with van der Waals surface area (Å²) in [6.45, 7) is 1.61. The van der Waals surface area contributed by atoms with E-state index in [1.54, 1.807) is 49.6 Å². The number of nitrogens with one attached hydrogen (secondary N) is 1. The molecular formula is C18H18Cl2N2O3. The van der Waals surface area contributed by atoms with Gasteiger partial charge in [0.05, 0.1) is 17.8 Å². The van der Waals surface area contributed by atoms with Crippen LogP contribution in [0.5, 0.6) is 5.75 Å². The number of rotatable bonds is 6. The lowest BCUT2D eigenvalue weighted by Gasteiger charge is -2.22. The van der Waals surface area contributed by atoms with Crippen LogP contribution in [0.2, 0.25) is 10.0 Å². The fraction of sp³-hybridized carbons (Fsp3) is 0.222. The maximum Gasteiger partial charge on any atom is 0.226 e. The Bertz CT molecular complexity index is 763. The Labute approximate surface area is 156 Å². The summed E-state index contributed by atoms with van der Waals surface area (Å²) in [5.74, 6) is 0.271. The first-order valence-electron chi connectivity index (χ1n) is 7.57. The highest BCUT2D eigenvalue weighted by Crippen LogP contribution is 2.29. The van der Waals surface area contributed by atoms with Gasteiger partial charge in [-0.15, -0.1) is 0 Å². The van der Waals surface area contributed by atoms with E-state index in [9.17, 15) is 9.59 Å². The van der Waals surface area contributed by atoms with E-state index in [0.717, 1.165) is 0 Å². The van der Waals surface area contributed by atoms with Crippen molar-refractivity contribution in [3.63, 3.8) is 0 Å². The van der Waals surface area contributed by atoms with Gasteiger partial charge >= 0.3 is 0 Å². The molecule has 0 aliphatic heterocycles. The van der Waals surface area contributed by atoms with E-state index in [-0.39, 0.29) is 24.8 Å². The number of halogens is 2. The lowest BCUT2D eigenvalue weighted by atomic mass is 10.2. The number of carbonyl (C=O) groups is 2. The Morgan fingerprint density at radius 2 is 1.80 bits per heavy atom. The lowest BCUT2D eigenvalue weighted by molar-refractivity contribution is -0.117. The van der Waals surface area contributed by atoms with Gasteiger partial charge in [0, 0.05) is 30.6 Å². The van der Waals surface area contributed by atoms with Crippen LogP contribution in [-0.2, 0) is 9.59 Å². The zero-order chi connectivity index (χ0) is 18.4. The van der Waals surface area contributed by atoms with E-state index in [1.165, 1.54) is 11.8 Å². The molecule has 0 fully saturated rings. The third kappa shape index (κ3) is 5.37. The second-order valence-corrected chi connectivity index (χ2v) is 6.14. The van der Waals surface area contributed by atoms with Crippen molar-refractivity contribution >= 4 is 46.4 Å². The number of amides is 2. The molecule has 0 aromatic heterocycles. The van der Waals surface area contributed by atoms with Gasteiger partial charge in [0.1, 0.15) is 5.75 Å². The van der Waals surface area contributed by atoms with Crippen LogP contribution >= 0.6 is 23.2 Å². The topological polar surface area (TPSA) is 58.6 Å². The summed E-state index contributed by atoms with van der Waals surface area (Å²) in [5.41, 5.74) is 1.14. The Morgan fingerprint density at radius 3 is 2.40 bits per heavy atom. The highest BCUT2D eigenvalue weighted by Gasteiger charge is 2.17. The SMILES string of the molecule is COc1ccc(NC(=O)CCN(C(C)=O)c2cc(Cl)ccc2Cl)cc1. The average molecular weight is 381 g/mol. The van der Waals surface area contributed by atoms with E-state index in [1.807, 2.05) is 0 Å². The number of methoxy groups -OCH3 is 1. The molecule has 132 valence electrons. The number of hydrogen-bond donors (Lipinski definition) is 1. The van der Waals surface area contributed by atoms with Gasteiger partial charge in [-0.2, -0.15) is 0 Å². The maximum atomic E-state index is 12.1.